The van der Waals surface area contributed by atoms with E-state index in [4.69, 9.17) is 56.6 Å². The average Bonchev–Trinajstić information content (AvgIpc) is 2.78. The fourth-order valence-corrected chi connectivity index (χ4v) is 2.24. The lowest BCUT2D eigenvalue weighted by Crippen LogP contribution is -2.35. The van der Waals surface area contributed by atoms with Crippen LogP contribution in [0.5, 0.6) is 5.75 Å². The summed E-state index contributed by atoms with van der Waals surface area (Å²) in [6.07, 6.45) is 4.68. The lowest BCUT2D eigenvalue weighted by molar-refractivity contribution is -0.159. The molecule has 0 aliphatic carbocycles. The number of pyridine rings is 1. The van der Waals surface area contributed by atoms with Crippen molar-refractivity contribution in [1.29, 1.82) is 0 Å². The maximum Gasteiger partial charge on any atom is 0.414 e. The Kier molecular flexibility index (Phi) is 11.6. The van der Waals surface area contributed by atoms with Crippen molar-refractivity contribution in [2.75, 3.05) is 34.2 Å². The third-order valence-corrected chi connectivity index (χ3v) is 3.93. The first-order valence-corrected chi connectivity index (χ1v) is 8.70. The number of fused-ring (bicyclic) bond motifs is 1. The van der Waals surface area contributed by atoms with Gasteiger partial charge in [-0.05, 0) is 26.6 Å². The molecule has 0 saturated heterocycles. The minimum Gasteiger partial charge on any atom is -0.488 e. The maximum atomic E-state index is 9.10. The minimum atomic E-state index is -1.82. The first kappa shape index (κ1) is 26.7. The number of hydrogen-bond acceptors (Lipinski definition) is 8. The average molecular weight is 445 g/mol. The Hall–Kier alpha value is -3.32. The zero-order valence-corrected chi connectivity index (χ0v) is 17.3. The molecular formula is C17H23N3O9S. The van der Waals surface area contributed by atoms with Gasteiger partial charge in [0.1, 0.15) is 16.8 Å². The molecule has 12 nitrogen and oxygen atoms in total. The Morgan fingerprint density at radius 1 is 1.13 bits per heavy atom. The highest BCUT2D eigenvalue weighted by Gasteiger charge is 2.24. The molecule has 2 rings (SSSR count). The van der Waals surface area contributed by atoms with Crippen molar-refractivity contribution in [3.63, 3.8) is 0 Å². The van der Waals surface area contributed by atoms with Crippen molar-refractivity contribution in [3.8, 4) is 5.75 Å². The number of likely N-dealkylation sites (N-methyl/N-ethyl adjacent to an activating group) is 1. The number of hydrogen-bond donors (Lipinski definition) is 4. The van der Waals surface area contributed by atoms with E-state index in [2.05, 4.69) is 28.9 Å². The van der Waals surface area contributed by atoms with E-state index in [-0.39, 0.29) is 6.10 Å². The Morgan fingerprint density at radius 2 is 1.63 bits per heavy atom. The number of aromatic nitrogens is 1. The number of carbonyl (C=O) groups is 4. The van der Waals surface area contributed by atoms with Crippen molar-refractivity contribution in [2.45, 2.75) is 12.5 Å². The second-order valence-electron chi connectivity index (χ2n) is 6.11. The van der Waals surface area contributed by atoms with Crippen LogP contribution in [0.1, 0.15) is 12.0 Å². The SMILES string of the molecule is CN(C)CCC1CN(C)C(=S)c2cnccc2O1.O=C(O)C(=O)O.O=C(O)C(=O)O. The largest absolute Gasteiger partial charge is 0.488 e. The van der Waals surface area contributed by atoms with E-state index in [0.29, 0.717) is 0 Å². The quantitative estimate of drug-likeness (QED) is 0.353. The number of aliphatic carboxylic acids is 4. The monoisotopic (exact) mass is 445 g/mol. The third-order valence-electron chi connectivity index (χ3n) is 3.39. The molecule has 1 aromatic rings. The molecule has 0 fully saturated rings. The molecule has 0 radical (unpaired) electrons. The lowest BCUT2D eigenvalue weighted by atomic mass is 10.2. The minimum absolute atomic E-state index is 0.166. The van der Waals surface area contributed by atoms with Gasteiger partial charge in [0.15, 0.2) is 0 Å². The molecule has 1 aliphatic rings. The Balaban J connectivity index is 0.000000580. The van der Waals surface area contributed by atoms with Crippen molar-refractivity contribution >= 4 is 41.1 Å². The van der Waals surface area contributed by atoms with Crippen LogP contribution >= 0.6 is 12.2 Å². The molecule has 0 saturated carbocycles. The molecule has 4 N–H and O–H groups in total. The molecule has 30 heavy (non-hydrogen) atoms. The first-order valence-electron chi connectivity index (χ1n) is 8.30. The summed E-state index contributed by atoms with van der Waals surface area (Å²) in [5.74, 6) is -6.45. The third kappa shape index (κ3) is 10.3. The highest BCUT2D eigenvalue weighted by atomic mass is 32.1. The predicted octanol–water partition coefficient (Wildman–Crippen LogP) is -0.287. The van der Waals surface area contributed by atoms with Gasteiger partial charge in [0.05, 0.1) is 12.1 Å². The van der Waals surface area contributed by atoms with Crippen LogP contribution in [-0.2, 0) is 19.2 Å². The molecule has 166 valence electrons. The summed E-state index contributed by atoms with van der Waals surface area (Å²) in [4.78, 5) is 45.6. The summed E-state index contributed by atoms with van der Waals surface area (Å²) in [5, 5.41) is 29.6. The number of carboxylic acid groups (broad SMARTS) is 4. The van der Waals surface area contributed by atoms with E-state index in [0.717, 1.165) is 35.8 Å². The second-order valence-corrected chi connectivity index (χ2v) is 6.50. The highest BCUT2D eigenvalue weighted by molar-refractivity contribution is 7.80. The lowest BCUT2D eigenvalue weighted by Gasteiger charge is -2.22. The van der Waals surface area contributed by atoms with Gasteiger partial charge in [0, 0.05) is 26.0 Å². The van der Waals surface area contributed by atoms with E-state index in [1.165, 1.54) is 0 Å². The summed E-state index contributed by atoms with van der Waals surface area (Å²) >= 11 is 5.45. The van der Waals surface area contributed by atoms with Gasteiger partial charge in [-0.25, -0.2) is 19.2 Å². The second kappa shape index (κ2) is 13.0. The standard InChI is InChI=1S/C13H19N3OS.2C2H2O4/c1-15(2)7-5-10-9-16(3)13(18)11-8-14-6-4-12(11)17-10;2*3-1(4)2(5)6/h4,6,8,10H,5,7,9H2,1-3H3;2*(H,3,4)(H,5,6). The molecule has 0 spiro atoms. The predicted molar refractivity (Wildman–Crippen MR) is 107 cm³/mol. The van der Waals surface area contributed by atoms with Gasteiger partial charge in [0.25, 0.3) is 0 Å². The van der Waals surface area contributed by atoms with Crippen molar-refractivity contribution in [3.05, 3.63) is 24.0 Å². The van der Waals surface area contributed by atoms with Crippen LogP contribution in [0.4, 0.5) is 0 Å². The normalized spacial score (nSPS) is 14.6. The van der Waals surface area contributed by atoms with Crippen LogP contribution in [0, 0.1) is 0 Å². The van der Waals surface area contributed by atoms with E-state index < -0.39 is 23.9 Å². The van der Waals surface area contributed by atoms with E-state index >= 15 is 0 Å². The molecule has 1 aromatic heterocycles. The molecule has 0 bridgehead atoms. The van der Waals surface area contributed by atoms with Crippen LogP contribution in [-0.4, -0.2) is 104 Å². The number of nitrogens with zero attached hydrogens (tertiary/aromatic N) is 3. The number of ether oxygens (including phenoxy) is 1. The Morgan fingerprint density at radius 3 is 2.07 bits per heavy atom. The molecule has 1 unspecified atom stereocenters. The molecule has 2 heterocycles. The van der Waals surface area contributed by atoms with Crippen LogP contribution in [0.2, 0.25) is 0 Å². The van der Waals surface area contributed by atoms with Gasteiger partial charge in [-0.15, -0.1) is 0 Å². The van der Waals surface area contributed by atoms with E-state index in [1.807, 2.05) is 13.1 Å². The van der Waals surface area contributed by atoms with E-state index in [9.17, 15) is 0 Å². The van der Waals surface area contributed by atoms with Gasteiger partial charge in [-0.1, -0.05) is 12.2 Å². The zero-order chi connectivity index (χ0) is 23.4. The van der Waals surface area contributed by atoms with Crippen LogP contribution in [0.15, 0.2) is 18.5 Å². The number of thiocarbonyl (C=S) groups is 1. The van der Waals surface area contributed by atoms with Crippen LogP contribution in [0.3, 0.4) is 0 Å². The van der Waals surface area contributed by atoms with Crippen molar-refractivity contribution < 1.29 is 44.3 Å². The molecule has 0 amide bonds. The zero-order valence-electron chi connectivity index (χ0n) is 16.5. The van der Waals surface area contributed by atoms with Gasteiger partial charge in [-0.2, -0.15) is 0 Å². The van der Waals surface area contributed by atoms with Crippen LogP contribution in [0.25, 0.3) is 0 Å². The molecule has 1 atom stereocenters. The first-order chi connectivity index (χ1) is 13.9. The fraction of sp³-hybridized carbons (Fsp3) is 0.412. The smallest absolute Gasteiger partial charge is 0.414 e. The summed E-state index contributed by atoms with van der Waals surface area (Å²) in [7, 11) is 6.16. The van der Waals surface area contributed by atoms with Crippen LogP contribution < -0.4 is 4.74 Å². The van der Waals surface area contributed by atoms with Gasteiger partial charge < -0.3 is 35.0 Å². The number of rotatable bonds is 3. The van der Waals surface area contributed by atoms with Gasteiger partial charge in [0.2, 0.25) is 0 Å². The van der Waals surface area contributed by atoms with Gasteiger partial charge in [-0.3, -0.25) is 4.98 Å². The van der Waals surface area contributed by atoms with E-state index in [1.54, 1.807) is 12.4 Å². The highest BCUT2D eigenvalue weighted by Crippen LogP contribution is 2.24. The molecular weight excluding hydrogens is 422 g/mol. The molecule has 13 heteroatoms. The van der Waals surface area contributed by atoms with Crippen molar-refractivity contribution in [1.82, 2.24) is 14.8 Å². The summed E-state index contributed by atoms with van der Waals surface area (Å²) in [6, 6.07) is 1.89. The molecule has 1 aliphatic heterocycles. The number of carboxylic acids is 4. The summed E-state index contributed by atoms with van der Waals surface area (Å²) < 4.78 is 6.05. The summed E-state index contributed by atoms with van der Waals surface area (Å²) in [6.45, 7) is 1.83. The molecule has 0 aromatic carbocycles. The Labute approximate surface area is 177 Å². The van der Waals surface area contributed by atoms with Gasteiger partial charge >= 0.3 is 23.9 Å². The fourth-order valence-electron chi connectivity index (χ4n) is 2.01. The Bertz CT molecular complexity index is 737. The maximum absolute atomic E-state index is 9.10. The summed E-state index contributed by atoms with van der Waals surface area (Å²) in [5.41, 5.74) is 0.919. The topological polar surface area (TPSA) is 178 Å². The van der Waals surface area contributed by atoms with Crippen molar-refractivity contribution in [2.24, 2.45) is 0 Å².